The molecule has 0 saturated heterocycles. The van der Waals surface area contributed by atoms with Gasteiger partial charge in [0.2, 0.25) is 0 Å². The first-order chi connectivity index (χ1) is 4.86. The molecule has 0 aliphatic heterocycles. The predicted molar refractivity (Wildman–Crippen MR) is 45.6 cm³/mol. The van der Waals surface area contributed by atoms with Crippen LogP contribution in [0.3, 0.4) is 0 Å². The Hall–Kier alpha value is -0.500. The van der Waals surface area contributed by atoms with Gasteiger partial charge in [0.15, 0.2) is 0 Å². The molecule has 0 rings (SSSR count). The average Bonchev–Trinajstić information content (AvgIpc) is 1.84. The van der Waals surface area contributed by atoms with Crippen molar-refractivity contribution >= 4 is 17.6 Å². The predicted octanol–water partition coefficient (Wildman–Crippen LogP) is 2.63. The molecule has 0 aliphatic rings. The largest absolute Gasteiger partial charge is 0.481 e. The van der Waals surface area contributed by atoms with E-state index in [1.165, 1.54) is 0 Å². The van der Waals surface area contributed by atoms with Gasteiger partial charge in [-0.1, -0.05) is 17.7 Å². The maximum atomic E-state index is 10.6. The SMILES string of the molecule is C/C(Cl)=C/CC(C)(C)C(=O)O. The highest BCUT2D eigenvalue weighted by Gasteiger charge is 2.25. The van der Waals surface area contributed by atoms with E-state index in [2.05, 4.69) is 0 Å². The second-order valence-electron chi connectivity index (χ2n) is 3.18. The van der Waals surface area contributed by atoms with Gasteiger partial charge in [-0.3, -0.25) is 4.79 Å². The van der Waals surface area contributed by atoms with Crippen LogP contribution in [0.2, 0.25) is 0 Å². The molecule has 0 aromatic heterocycles. The molecule has 0 radical (unpaired) electrons. The summed E-state index contributed by atoms with van der Waals surface area (Å²) < 4.78 is 0. The van der Waals surface area contributed by atoms with Gasteiger partial charge < -0.3 is 5.11 Å². The Morgan fingerprint density at radius 1 is 1.64 bits per heavy atom. The van der Waals surface area contributed by atoms with Gasteiger partial charge in [-0.05, 0) is 27.2 Å². The topological polar surface area (TPSA) is 37.3 Å². The molecule has 0 amide bonds. The Morgan fingerprint density at radius 3 is 2.36 bits per heavy atom. The zero-order valence-electron chi connectivity index (χ0n) is 7.02. The van der Waals surface area contributed by atoms with Gasteiger partial charge in [0.1, 0.15) is 0 Å². The van der Waals surface area contributed by atoms with Crippen molar-refractivity contribution in [2.75, 3.05) is 0 Å². The summed E-state index contributed by atoms with van der Waals surface area (Å²) in [5.74, 6) is -0.799. The Labute approximate surface area is 71.9 Å². The molecule has 2 nitrogen and oxygen atoms in total. The highest BCUT2D eigenvalue weighted by Crippen LogP contribution is 2.22. The van der Waals surface area contributed by atoms with E-state index in [9.17, 15) is 4.79 Å². The van der Waals surface area contributed by atoms with Crippen LogP contribution in [0.4, 0.5) is 0 Å². The number of carbonyl (C=O) groups is 1. The lowest BCUT2D eigenvalue weighted by atomic mass is 9.89. The maximum absolute atomic E-state index is 10.6. The summed E-state index contributed by atoms with van der Waals surface area (Å²) in [5.41, 5.74) is -0.712. The summed E-state index contributed by atoms with van der Waals surface area (Å²) in [6.07, 6.45) is 2.19. The minimum Gasteiger partial charge on any atom is -0.481 e. The Morgan fingerprint density at radius 2 is 2.09 bits per heavy atom. The van der Waals surface area contributed by atoms with Gasteiger partial charge in [-0.25, -0.2) is 0 Å². The van der Waals surface area contributed by atoms with Crippen LogP contribution in [0.15, 0.2) is 11.1 Å². The molecule has 0 aromatic rings. The van der Waals surface area contributed by atoms with Crippen molar-refractivity contribution in [1.82, 2.24) is 0 Å². The number of hydrogen-bond donors (Lipinski definition) is 1. The van der Waals surface area contributed by atoms with E-state index < -0.39 is 11.4 Å². The van der Waals surface area contributed by atoms with E-state index in [0.717, 1.165) is 0 Å². The van der Waals surface area contributed by atoms with E-state index >= 15 is 0 Å². The molecular weight excluding hydrogens is 164 g/mol. The fourth-order valence-electron chi connectivity index (χ4n) is 0.483. The Kier molecular flexibility index (Phi) is 3.59. The monoisotopic (exact) mass is 176 g/mol. The van der Waals surface area contributed by atoms with Crippen molar-refractivity contribution in [2.24, 2.45) is 5.41 Å². The molecule has 0 aliphatic carbocycles. The third kappa shape index (κ3) is 4.04. The minimum absolute atomic E-state index is 0.470. The maximum Gasteiger partial charge on any atom is 0.309 e. The zero-order chi connectivity index (χ0) is 9.07. The van der Waals surface area contributed by atoms with E-state index in [1.807, 2.05) is 0 Å². The summed E-state index contributed by atoms with van der Waals surface area (Å²) in [6.45, 7) is 5.08. The van der Waals surface area contributed by atoms with Gasteiger partial charge in [0.25, 0.3) is 0 Å². The van der Waals surface area contributed by atoms with Crippen LogP contribution in [0.5, 0.6) is 0 Å². The number of rotatable bonds is 3. The molecule has 0 saturated carbocycles. The van der Waals surface area contributed by atoms with Gasteiger partial charge in [-0.2, -0.15) is 0 Å². The molecule has 0 spiro atoms. The smallest absolute Gasteiger partial charge is 0.309 e. The van der Waals surface area contributed by atoms with Crippen LogP contribution in [-0.2, 0) is 4.79 Å². The first-order valence-electron chi connectivity index (χ1n) is 3.42. The number of carboxylic acid groups (broad SMARTS) is 1. The van der Waals surface area contributed by atoms with Crippen LogP contribution in [-0.4, -0.2) is 11.1 Å². The lowest BCUT2D eigenvalue weighted by Gasteiger charge is -2.15. The lowest BCUT2D eigenvalue weighted by Crippen LogP contribution is -2.22. The standard InChI is InChI=1S/C8H13ClO2/c1-6(9)4-5-8(2,3)7(10)11/h4H,5H2,1-3H3,(H,10,11)/b6-4-. The summed E-state index contributed by atoms with van der Waals surface area (Å²) in [6, 6.07) is 0. The summed E-state index contributed by atoms with van der Waals surface area (Å²) in [4.78, 5) is 10.6. The molecule has 11 heavy (non-hydrogen) atoms. The third-order valence-corrected chi connectivity index (χ3v) is 1.63. The number of halogens is 1. The molecule has 0 unspecified atom stereocenters. The Bertz CT molecular complexity index is 179. The Balaban J connectivity index is 4.14. The average molecular weight is 177 g/mol. The van der Waals surface area contributed by atoms with Crippen molar-refractivity contribution in [3.8, 4) is 0 Å². The highest BCUT2D eigenvalue weighted by atomic mass is 35.5. The normalized spacial score (nSPS) is 13.3. The van der Waals surface area contributed by atoms with Gasteiger partial charge in [0, 0.05) is 5.03 Å². The quantitative estimate of drug-likeness (QED) is 0.718. The van der Waals surface area contributed by atoms with Crippen molar-refractivity contribution in [1.29, 1.82) is 0 Å². The third-order valence-electron chi connectivity index (χ3n) is 1.47. The minimum atomic E-state index is -0.799. The zero-order valence-corrected chi connectivity index (χ0v) is 7.77. The molecule has 1 N–H and O–H groups in total. The second kappa shape index (κ2) is 3.77. The van der Waals surface area contributed by atoms with Crippen LogP contribution in [0.25, 0.3) is 0 Å². The van der Waals surface area contributed by atoms with E-state index in [-0.39, 0.29) is 0 Å². The molecule has 0 fully saturated rings. The fraction of sp³-hybridized carbons (Fsp3) is 0.625. The number of carboxylic acids is 1. The molecule has 3 heteroatoms. The first-order valence-corrected chi connectivity index (χ1v) is 3.80. The van der Waals surface area contributed by atoms with E-state index in [0.29, 0.717) is 11.5 Å². The van der Waals surface area contributed by atoms with Gasteiger partial charge in [-0.15, -0.1) is 0 Å². The van der Waals surface area contributed by atoms with Gasteiger partial charge >= 0.3 is 5.97 Å². The summed E-state index contributed by atoms with van der Waals surface area (Å²) >= 11 is 5.56. The molecule has 64 valence electrons. The molecule has 0 aromatic carbocycles. The number of allylic oxidation sites excluding steroid dienone is 2. The lowest BCUT2D eigenvalue weighted by molar-refractivity contribution is -0.146. The van der Waals surface area contributed by atoms with Crippen LogP contribution < -0.4 is 0 Å². The number of hydrogen-bond acceptors (Lipinski definition) is 1. The first kappa shape index (κ1) is 10.5. The second-order valence-corrected chi connectivity index (χ2v) is 3.78. The van der Waals surface area contributed by atoms with Crippen molar-refractivity contribution in [2.45, 2.75) is 27.2 Å². The van der Waals surface area contributed by atoms with Crippen molar-refractivity contribution in [3.63, 3.8) is 0 Å². The summed E-state index contributed by atoms with van der Waals surface area (Å²) in [7, 11) is 0. The molecule has 0 bridgehead atoms. The van der Waals surface area contributed by atoms with Crippen molar-refractivity contribution < 1.29 is 9.90 Å². The molecule has 0 atom stereocenters. The fourth-order valence-corrected chi connectivity index (χ4v) is 0.560. The van der Waals surface area contributed by atoms with Crippen LogP contribution in [0, 0.1) is 5.41 Å². The summed E-state index contributed by atoms with van der Waals surface area (Å²) in [5, 5.41) is 9.32. The van der Waals surface area contributed by atoms with Gasteiger partial charge in [0.05, 0.1) is 5.41 Å². The highest BCUT2D eigenvalue weighted by molar-refractivity contribution is 6.29. The van der Waals surface area contributed by atoms with Crippen LogP contribution >= 0.6 is 11.6 Å². The van der Waals surface area contributed by atoms with E-state index in [1.54, 1.807) is 26.8 Å². The molecular formula is C8H13ClO2. The number of aliphatic carboxylic acids is 1. The van der Waals surface area contributed by atoms with Crippen molar-refractivity contribution in [3.05, 3.63) is 11.1 Å². The van der Waals surface area contributed by atoms with E-state index in [4.69, 9.17) is 16.7 Å². The molecule has 0 heterocycles. The van der Waals surface area contributed by atoms with Crippen LogP contribution in [0.1, 0.15) is 27.2 Å².